The third-order valence-electron chi connectivity index (χ3n) is 5.42. The summed E-state index contributed by atoms with van der Waals surface area (Å²) in [7, 11) is 0. The zero-order chi connectivity index (χ0) is 22.1. The number of piperazine rings is 1. The zero-order valence-electron chi connectivity index (χ0n) is 16.8. The molecule has 2 aromatic carbocycles. The van der Waals surface area contributed by atoms with Crippen molar-refractivity contribution in [1.29, 1.82) is 0 Å². The van der Waals surface area contributed by atoms with Gasteiger partial charge in [-0.05, 0) is 31.2 Å². The number of carbonyl (C=O) groups is 2. The number of nitrogens with zero attached hydrogens (tertiary/aromatic N) is 4. The SMILES string of the molecule is Cc1nn(CC(=O)N2CCN(C(=O)c3ccc(Cl)cc3Cl)CC2)c(=O)c2ccccc12. The van der Waals surface area contributed by atoms with Crippen molar-refractivity contribution in [1.82, 2.24) is 19.6 Å². The molecule has 0 spiro atoms. The molecule has 3 aromatic rings. The van der Waals surface area contributed by atoms with E-state index in [1.54, 1.807) is 34.1 Å². The Morgan fingerprint density at radius 3 is 2.29 bits per heavy atom. The molecule has 160 valence electrons. The molecule has 1 saturated heterocycles. The van der Waals surface area contributed by atoms with Gasteiger partial charge in [-0.15, -0.1) is 0 Å². The molecule has 0 N–H and O–H groups in total. The molecule has 0 unspecified atom stereocenters. The Morgan fingerprint density at radius 1 is 0.968 bits per heavy atom. The van der Waals surface area contributed by atoms with Gasteiger partial charge in [0.05, 0.1) is 21.7 Å². The van der Waals surface area contributed by atoms with Crippen LogP contribution in [0.15, 0.2) is 47.3 Å². The number of halogens is 2. The standard InChI is InChI=1S/C22H20Cl2N4O3/c1-14-16-4-2-3-5-17(16)22(31)28(25-14)13-20(29)26-8-10-27(11-9-26)21(30)18-7-6-15(23)12-19(18)24/h2-7,12H,8-11,13H2,1H3. The molecular formula is C22H20Cl2N4O3. The van der Waals surface area contributed by atoms with Gasteiger partial charge in [0.1, 0.15) is 6.54 Å². The minimum absolute atomic E-state index is 0.137. The maximum absolute atomic E-state index is 12.8. The van der Waals surface area contributed by atoms with Gasteiger partial charge in [-0.2, -0.15) is 5.10 Å². The van der Waals surface area contributed by atoms with Crippen molar-refractivity contribution in [2.45, 2.75) is 13.5 Å². The Kier molecular flexibility index (Phi) is 5.98. The Hall–Kier alpha value is -2.90. The lowest BCUT2D eigenvalue weighted by Gasteiger charge is -2.35. The maximum atomic E-state index is 12.8. The number of rotatable bonds is 3. The van der Waals surface area contributed by atoms with Gasteiger partial charge in [0, 0.05) is 36.6 Å². The van der Waals surface area contributed by atoms with Crippen LogP contribution in [-0.4, -0.2) is 57.6 Å². The first kappa shape index (κ1) is 21.3. The molecule has 2 amide bonds. The van der Waals surface area contributed by atoms with Crippen LogP contribution >= 0.6 is 23.2 Å². The lowest BCUT2D eigenvalue weighted by atomic mass is 10.1. The first-order valence-corrected chi connectivity index (χ1v) is 10.6. The van der Waals surface area contributed by atoms with Crippen LogP contribution in [0, 0.1) is 6.92 Å². The summed E-state index contributed by atoms with van der Waals surface area (Å²) in [5, 5.41) is 6.39. The molecule has 0 aliphatic carbocycles. The van der Waals surface area contributed by atoms with Crippen LogP contribution < -0.4 is 5.56 Å². The second-order valence-corrected chi connectivity index (χ2v) is 8.23. The monoisotopic (exact) mass is 458 g/mol. The summed E-state index contributed by atoms with van der Waals surface area (Å²) in [5.41, 5.74) is 0.784. The number of aryl methyl sites for hydroxylation is 1. The summed E-state index contributed by atoms with van der Waals surface area (Å²) in [5.74, 6) is -0.405. The van der Waals surface area contributed by atoms with E-state index in [1.807, 2.05) is 19.1 Å². The smallest absolute Gasteiger partial charge is 0.275 e. The van der Waals surface area contributed by atoms with Gasteiger partial charge in [-0.3, -0.25) is 14.4 Å². The van der Waals surface area contributed by atoms with Crippen LogP contribution in [0.25, 0.3) is 10.8 Å². The number of amides is 2. The van der Waals surface area contributed by atoms with E-state index in [1.165, 1.54) is 10.7 Å². The number of hydrogen-bond acceptors (Lipinski definition) is 4. The number of fused-ring (bicyclic) bond motifs is 1. The minimum atomic E-state index is -0.291. The predicted molar refractivity (Wildman–Crippen MR) is 120 cm³/mol. The van der Waals surface area contributed by atoms with E-state index in [2.05, 4.69) is 5.10 Å². The third kappa shape index (κ3) is 4.29. The minimum Gasteiger partial charge on any atom is -0.338 e. The number of carbonyl (C=O) groups excluding carboxylic acids is 2. The van der Waals surface area contributed by atoms with Crippen molar-refractivity contribution in [3.05, 3.63) is 74.1 Å². The van der Waals surface area contributed by atoms with Crippen LogP contribution in [0.1, 0.15) is 16.1 Å². The summed E-state index contributed by atoms with van der Waals surface area (Å²) in [6, 6.07) is 12.0. The second kappa shape index (κ2) is 8.69. The van der Waals surface area contributed by atoms with E-state index in [4.69, 9.17) is 23.2 Å². The van der Waals surface area contributed by atoms with Gasteiger partial charge in [0.15, 0.2) is 0 Å². The van der Waals surface area contributed by atoms with Gasteiger partial charge >= 0.3 is 0 Å². The Bertz CT molecular complexity index is 1230. The normalized spacial score (nSPS) is 14.2. The largest absolute Gasteiger partial charge is 0.338 e. The summed E-state index contributed by atoms with van der Waals surface area (Å²) in [6.45, 7) is 3.18. The predicted octanol–water partition coefficient (Wildman–Crippen LogP) is 3.00. The highest BCUT2D eigenvalue weighted by atomic mass is 35.5. The fraction of sp³-hybridized carbons (Fsp3) is 0.273. The molecule has 0 atom stereocenters. The Labute approximate surface area is 188 Å². The third-order valence-corrected chi connectivity index (χ3v) is 5.97. The molecule has 0 bridgehead atoms. The van der Waals surface area contributed by atoms with E-state index in [9.17, 15) is 14.4 Å². The maximum Gasteiger partial charge on any atom is 0.275 e. The molecule has 1 aromatic heterocycles. The lowest BCUT2D eigenvalue weighted by molar-refractivity contribution is -0.133. The quantitative estimate of drug-likeness (QED) is 0.604. The number of benzene rings is 2. The van der Waals surface area contributed by atoms with Crippen LogP contribution in [-0.2, 0) is 11.3 Å². The fourth-order valence-corrected chi connectivity index (χ4v) is 4.22. The molecule has 9 heteroatoms. The van der Waals surface area contributed by atoms with E-state index < -0.39 is 0 Å². The van der Waals surface area contributed by atoms with Gasteiger partial charge in [0.2, 0.25) is 5.91 Å². The average Bonchev–Trinajstić information content (AvgIpc) is 2.77. The molecule has 0 radical (unpaired) electrons. The van der Waals surface area contributed by atoms with Crippen molar-refractivity contribution < 1.29 is 9.59 Å². The molecule has 7 nitrogen and oxygen atoms in total. The van der Waals surface area contributed by atoms with Crippen molar-refractivity contribution >= 4 is 45.8 Å². The molecule has 1 fully saturated rings. The van der Waals surface area contributed by atoms with E-state index in [-0.39, 0.29) is 23.9 Å². The van der Waals surface area contributed by atoms with Gasteiger partial charge in [0.25, 0.3) is 11.5 Å². The van der Waals surface area contributed by atoms with Gasteiger partial charge in [-0.25, -0.2) is 4.68 Å². The van der Waals surface area contributed by atoms with Gasteiger partial charge < -0.3 is 9.80 Å². The van der Waals surface area contributed by atoms with Crippen molar-refractivity contribution in [3.8, 4) is 0 Å². The fourth-order valence-electron chi connectivity index (χ4n) is 3.73. The topological polar surface area (TPSA) is 75.5 Å². The molecule has 1 aliphatic rings. The summed E-state index contributed by atoms with van der Waals surface area (Å²) in [4.78, 5) is 41.5. The summed E-state index contributed by atoms with van der Waals surface area (Å²) in [6.07, 6.45) is 0. The van der Waals surface area contributed by atoms with Crippen molar-refractivity contribution in [2.24, 2.45) is 0 Å². The molecule has 31 heavy (non-hydrogen) atoms. The summed E-state index contributed by atoms with van der Waals surface area (Å²) < 4.78 is 1.21. The van der Waals surface area contributed by atoms with Crippen LogP contribution in [0.3, 0.4) is 0 Å². The zero-order valence-corrected chi connectivity index (χ0v) is 18.4. The van der Waals surface area contributed by atoms with E-state index in [0.29, 0.717) is 52.9 Å². The number of aromatic nitrogens is 2. The van der Waals surface area contributed by atoms with Crippen molar-refractivity contribution in [3.63, 3.8) is 0 Å². The van der Waals surface area contributed by atoms with Crippen LogP contribution in [0.2, 0.25) is 10.0 Å². The molecule has 1 aliphatic heterocycles. The molecule has 0 saturated carbocycles. The first-order chi connectivity index (χ1) is 14.8. The highest BCUT2D eigenvalue weighted by Crippen LogP contribution is 2.23. The lowest BCUT2D eigenvalue weighted by Crippen LogP contribution is -2.51. The van der Waals surface area contributed by atoms with Gasteiger partial charge in [-0.1, -0.05) is 41.4 Å². The number of hydrogen-bond donors (Lipinski definition) is 0. The average molecular weight is 459 g/mol. The Morgan fingerprint density at radius 2 is 1.61 bits per heavy atom. The summed E-state index contributed by atoms with van der Waals surface area (Å²) >= 11 is 12.0. The van der Waals surface area contributed by atoms with Crippen molar-refractivity contribution in [2.75, 3.05) is 26.2 Å². The first-order valence-electron chi connectivity index (χ1n) is 9.83. The molecular weight excluding hydrogens is 439 g/mol. The Balaban J connectivity index is 1.43. The van der Waals surface area contributed by atoms with Crippen LogP contribution in [0.4, 0.5) is 0 Å². The van der Waals surface area contributed by atoms with Crippen LogP contribution in [0.5, 0.6) is 0 Å². The molecule has 2 heterocycles. The van der Waals surface area contributed by atoms with E-state index >= 15 is 0 Å². The molecule has 4 rings (SSSR count). The highest BCUT2D eigenvalue weighted by molar-refractivity contribution is 6.36. The van der Waals surface area contributed by atoms with E-state index in [0.717, 1.165) is 5.39 Å². The second-order valence-electron chi connectivity index (χ2n) is 7.39. The highest BCUT2D eigenvalue weighted by Gasteiger charge is 2.26.